The normalized spacial score (nSPS) is 14.6. The molecule has 1 saturated heterocycles. The minimum Gasteiger partial charge on any atom is -0.357 e. The number of anilines is 2. The highest BCUT2D eigenvalue weighted by atomic mass is 19.1. The lowest BCUT2D eigenvalue weighted by molar-refractivity contribution is -0.115. The van der Waals surface area contributed by atoms with Crippen molar-refractivity contribution < 1.29 is 9.18 Å². The van der Waals surface area contributed by atoms with Crippen LogP contribution >= 0.6 is 0 Å². The SMILES string of the molecule is O=C(Cc1ccccc1F)Nc1ccc(N2CCCCC2)nc1. The molecule has 0 saturated carbocycles. The molecule has 2 heterocycles. The van der Waals surface area contributed by atoms with Crippen LogP contribution in [0.25, 0.3) is 0 Å². The van der Waals surface area contributed by atoms with Gasteiger partial charge in [0.25, 0.3) is 0 Å². The highest BCUT2D eigenvalue weighted by Crippen LogP contribution is 2.19. The standard InChI is InChI=1S/C18H20FN3O/c19-16-7-3-2-6-14(16)12-18(23)21-15-8-9-17(20-13-15)22-10-4-1-5-11-22/h2-3,6-9,13H,1,4-5,10-12H2,(H,21,23). The fourth-order valence-corrected chi connectivity index (χ4v) is 2.79. The Balaban J connectivity index is 1.59. The van der Waals surface area contributed by atoms with Gasteiger partial charge in [-0.15, -0.1) is 0 Å². The molecule has 23 heavy (non-hydrogen) atoms. The van der Waals surface area contributed by atoms with E-state index in [9.17, 15) is 9.18 Å². The second kappa shape index (κ2) is 7.22. The third-order valence-corrected chi connectivity index (χ3v) is 4.02. The number of nitrogens with one attached hydrogen (secondary N) is 1. The van der Waals surface area contributed by atoms with E-state index in [4.69, 9.17) is 0 Å². The Hall–Kier alpha value is -2.43. The average molecular weight is 313 g/mol. The number of aromatic nitrogens is 1. The summed E-state index contributed by atoms with van der Waals surface area (Å²) in [6.45, 7) is 2.07. The lowest BCUT2D eigenvalue weighted by Crippen LogP contribution is -2.30. The van der Waals surface area contributed by atoms with Crippen molar-refractivity contribution in [1.82, 2.24) is 4.98 Å². The number of halogens is 1. The molecular weight excluding hydrogens is 293 g/mol. The van der Waals surface area contributed by atoms with E-state index in [1.54, 1.807) is 24.4 Å². The lowest BCUT2D eigenvalue weighted by Gasteiger charge is -2.27. The van der Waals surface area contributed by atoms with E-state index in [1.807, 2.05) is 12.1 Å². The Bertz CT molecular complexity index is 666. The highest BCUT2D eigenvalue weighted by Gasteiger charge is 2.12. The van der Waals surface area contributed by atoms with E-state index in [2.05, 4.69) is 15.2 Å². The summed E-state index contributed by atoms with van der Waals surface area (Å²) in [7, 11) is 0. The molecule has 5 heteroatoms. The number of pyridine rings is 1. The number of carbonyl (C=O) groups excluding carboxylic acids is 1. The van der Waals surface area contributed by atoms with E-state index in [0.717, 1.165) is 18.9 Å². The Morgan fingerprint density at radius 3 is 2.61 bits per heavy atom. The van der Waals surface area contributed by atoms with E-state index in [1.165, 1.54) is 25.3 Å². The van der Waals surface area contributed by atoms with Gasteiger partial charge in [-0.05, 0) is 43.0 Å². The Morgan fingerprint density at radius 1 is 1.13 bits per heavy atom. The minimum absolute atomic E-state index is 0.0144. The molecule has 3 rings (SSSR count). The first-order valence-electron chi connectivity index (χ1n) is 7.96. The van der Waals surface area contributed by atoms with Crippen molar-refractivity contribution >= 4 is 17.4 Å². The van der Waals surface area contributed by atoms with Crippen molar-refractivity contribution in [2.24, 2.45) is 0 Å². The maximum absolute atomic E-state index is 13.5. The number of piperidine rings is 1. The summed E-state index contributed by atoms with van der Waals surface area (Å²) in [6, 6.07) is 10.1. The number of benzene rings is 1. The summed E-state index contributed by atoms with van der Waals surface area (Å²) in [5.41, 5.74) is 1.02. The number of nitrogens with zero attached hydrogens (tertiary/aromatic N) is 2. The van der Waals surface area contributed by atoms with Crippen LogP contribution in [0.4, 0.5) is 15.9 Å². The quantitative estimate of drug-likeness (QED) is 0.941. The summed E-state index contributed by atoms with van der Waals surface area (Å²) in [4.78, 5) is 18.7. The molecular formula is C18H20FN3O. The lowest BCUT2D eigenvalue weighted by atomic mass is 10.1. The third-order valence-electron chi connectivity index (χ3n) is 4.02. The van der Waals surface area contributed by atoms with Gasteiger partial charge in [-0.25, -0.2) is 9.37 Å². The van der Waals surface area contributed by atoms with Crippen LogP contribution in [0.3, 0.4) is 0 Å². The molecule has 0 spiro atoms. The van der Waals surface area contributed by atoms with Crippen LogP contribution in [0.2, 0.25) is 0 Å². The molecule has 0 aliphatic carbocycles. The summed E-state index contributed by atoms with van der Waals surface area (Å²) in [5, 5.41) is 2.76. The van der Waals surface area contributed by atoms with E-state index >= 15 is 0 Å². The van der Waals surface area contributed by atoms with E-state index in [0.29, 0.717) is 11.3 Å². The second-order valence-corrected chi connectivity index (χ2v) is 5.77. The highest BCUT2D eigenvalue weighted by molar-refractivity contribution is 5.92. The molecule has 2 aromatic rings. The number of carbonyl (C=O) groups is 1. The molecule has 1 fully saturated rings. The molecule has 1 amide bonds. The van der Waals surface area contributed by atoms with Gasteiger partial charge < -0.3 is 10.2 Å². The van der Waals surface area contributed by atoms with Crippen molar-refractivity contribution in [3.63, 3.8) is 0 Å². The summed E-state index contributed by atoms with van der Waals surface area (Å²) >= 11 is 0. The second-order valence-electron chi connectivity index (χ2n) is 5.77. The van der Waals surface area contributed by atoms with Gasteiger partial charge in [-0.2, -0.15) is 0 Å². The zero-order valence-corrected chi connectivity index (χ0v) is 13.0. The van der Waals surface area contributed by atoms with Crippen LogP contribution in [0.15, 0.2) is 42.6 Å². The van der Waals surface area contributed by atoms with Crippen LogP contribution in [0.5, 0.6) is 0 Å². The van der Waals surface area contributed by atoms with Crippen molar-refractivity contribution in [2.75, 3.05) is 23.3 Å². The summed E-state index contributed by atoms with van der Waals surface area (Å²) in [6.07, 6.45) is 5.34. The largest absolute Gasteiger partial charge is 0.357 e. The van der Waals surface area contributed by atoms with Gasteiger partial charge in [0.1, 0.15) is 11.6 Å². The van der Waals surface area contributed by atoms with Crippen molar-refractivity contribution in [3.05, 3.63) is 54.0 Å². The zero-order valence-electron chi connectivity index (χ0n) is 13.0. The van der Waals surface area contributed by atoms with Gasteiger partial charge in [-0.1, -0.05) is 18.2 Å². The fourth-order valence-electron chi connectivity index (χ4n) is 2.79. The number of hydrogen-bond acceptors (Lipinski definition) is 3. The van der Waals surface area contributed by atoms with Crippen LogP contribution < -0.4 is 10.2 Å². The molecule has 1 aromatic heterocycles. The Kier molecular flexibility index (Phi) is 4.86. The zero-order chi connectivity index (χ0) is 16.1. The van der Waals surface area contributed by atoms with Crippen molar-refractivity contribution in [2.45, 2.75) is 25.7 Å². The predicted octanol–water partition coefficient (Wildman–Crippen LogP) is 3.39. The fraction of sp³-hybridized carbons (Fsp3) is 0.333. The Morgan fingerprint density at radius 2 is 1.91 bits per heavy atom. The smallest absolute Gasteiger partial charge is 0.228 e. The average Bonchev–Trinajstić information content (AvgIpc) is 2.58. The van der Waals surface area contributed by atoms with E-state index < -0.39 is 0 Å². The monoisotopic (exact) mass is 313 g/mol. The van der Waals surface area contributed by atoms with Gasteiger partial charge >= 0.3 is 0 Å². The van der Waals surface area contributed by atoms with Gasteiger partial charge in [0, 0.05) is 13.1 Å². The maximum Gasteiger partial charge on any atom is 0.228 e. The van der Waals surface area contributed by atoms with E-state index in [-0.39, 0.29) is 18.1 Å². The van der Waals surface area contributed by atoms with Crippen molar-refractivity contribution in [1.29, 1.82) is 0 Å². The van der Waals surface area contributed by atoms with Gasteiger partial charge in [0.05, 0.1) is 18.3 Å². The summed E-state index contributed by atoms with van der Waals surface area (Å²) in [5.74, 6) is 0.334. The number of hydrogen-bond donors (Lipinski definition) is 1. The number of rotatable bonds is 4. The molecule has 0 atom stereocenters. The molecule has 0 bridgehead atoms. The topological polar surface area (TPSA) is 45.2 Å². The van der Waals surface area contributed by atoms with Crippen LogP contribution in [0, 0.1) is 5.82 Å². The molecule has 0 unspecified atom stereocenters. The van der Waals surface area contributed by atoms with Crippen LogP contribution in [0.1, 0.15) is 24.8 Å². The first-order valence-corrected chi connectivity index (χ1v) is 7.96. The Labute approximate surface area is 135 Å². The van der Waals surface area contributed by atoms with Gasteiger partial charge in [0.2, 0.25) is 5.91 Å². The maximum atomic E-state index is 13.5. The van der Waals surface area contributed by atoms with Crippen LogP contribution in [-0.4, -0.2) is 24.0 Å². The van der Waals surface area contributed by atoms with Gasteiger partial charge in [0.15, 0.2) is 0 Å². The molecule has 1 N–H and O–H groups in total. The third kappa shape index (κ3) is 4.06. The first kappa shape index (κ1) is 15.5. The first-order chi connectivity index (χ1) is 11.2. The molecule has 4 nitrogen and oxygen atoms in total. The van der Waals surface area contributed by atoms with Crippen molar-refractivity contribution in [3.8, 4) is 0 Å². The molecule has 120 valence electrons. The number of amides is 1. The molecule has 0 radical (unpaired) electrons. The molecule has 1 aliphatic heterocycles. The van der Waals surface area contributed by atoms with Gasteiger partial charge in [-0.3, -0.25) is 4.79 Å². The predicted molar refractivity (Wildman–Crippen MR) is 89.0 cm³/mol. The summed E-state index contributed by atoms with van der Waals surface area (Å²) < 4.78 is 13.5. The van der Waals surface area contributed by atoms with Crippen LogP contribution in [-0.2, 0) is 11.2 Å². The molecule has 1 aromatic carbocycles. The minimum atomic E-state index is -0.360. The molecule has 1 aliphatic rings.